The predicted octanol–water partition coefficient (Wildman–Crippen LogP) is 1.59. The van der Waals surface area contributed by atoms with E-state index in [9.17, 15) is 9.59 Å². The minimum Gasteiger partial charge on any atom is -0.478 e. The minimum absolute atomic E-state index is 0.126. The van der Waals surface area contributed by atoms with Crippen LogP contribution in [0.1, 0.15) is 27.6 Å². The largest absolute Gasteiger partial charge is 0.478 e. The molecule has 0 aliphatic carbocycles. The van der Waals surface area contributed by atoms with Crippen LogP contribution in [-0.4, -0.2) is 50.1 Å². The van der Waals surface area contributed by atoms with Gasteiger partial charge in [0.25, 0.3) is 0 Å². The highest BCUT2D eigenvalue weighted by Gasteiger charge is 2.08. The molecule has 20 heavy (non-hydrogen) atoms. The van der Waals surface area contributed by atoms with Crippen molar-refractivity contribution in [2.24, 2.45) is 0 Å². The number of esters is 1. The zero-order chi connectivity index (χ0) is 14.8. The van der Waals surface area contributed by atoms with Gasteiger partial charge in [0.1, 0.15) is 6.61 Å². The molecule has 0 amide bonds. The number of carboxylic acids is 1. The second kappa shape index (κ2) is 9.06. The molecule has 0 heterocycles. The summed E-state index contributed by atoms with van der Waals surface area (Å²) in [4.78, 5) is 22.3. The van der Waals surface area contributed by atoms with Gasteiger partial charge >= 0.3 is 11.9 Å². The van der Waals surface area contributed by atoms with Crippen LogP contribution in [0.3, 0.4) is 0 Å². The fourth-order valence-electron chi connectivity index (χ4n) is 1.39. The van der Waals surface area contributed by atoms with Crippen molar-refractivity contribution >= 4 is 11.9 Å². The Balaban J connectivity index is 2.24. The van der Waals surface area contributed by atoms with Crippen LogP contribution >= 0.6 is 0 Å². The number of aromatic carboxylic acids is 1. The molecule has 0 bridgehead atoms. The van der Waals surface area contributed by atoms with Crippen LogP contribution in [0, 0.1) is 0 Å². The quantitative estimate of drug-likeness (QED) is 0.547. The van der Waals surface area contributed by atoms with Crippen LogP contribution in [0.2, 0.25) is 0 Å². The van der Waals surface area contributed by atoms with E-state index in [4.69, 9.17) is 19.3 Å². The molecular formula is C14H18O6. The third-order valence-electron chi connectivity index (χ3n) is 2.40. The van der Waals surface area contributed by atoms with Crippen LogP contribution in [0.25, 0.3) is 0 Å². The monoisotopic (exact) mass is 282 g/mol. The van der Waals surface area contributed by atoms with Crippen molar-refractivity contribution in [1.29, 1.82) is 0 Å². The first-order valence-electron chi connectivity index (χ1n) is 6.31. The Bertz CT molecular complexity index is 426. The molecule has 0 unspecified atom stereocenters. The smallest absolute Gasteiger partial charge is 0.338 e. The fourth-order valence-corrected chi connectivity index (χ4v) is 1.39. The van der Waals surface area contributed by atoms with Crippen molar-refractivity contribution in [1.82, 2.24) is 0 Å². The highest BCUT2D eigenvalue weighted by Crippen LogP contribution is 2.06. The van der Waals surface area contributed by atoms with Crippen molar-refractivity contribution in [3.8, 4) is 0 Å². The molecule has 6 nitrogen and oxygen atoms in total. The Morgan fingerprint density at radius 3 is 2.10 bits per heavy atom. The van der Waals surface area contributed by atoms with Gasteiger partial charge in [0, 0.05) is 6.61 Å². The van der Waals surface area contributed by atoms with Gasteiger partial charge in [-0.1, -0.05) is 0 Å². The van der Waals surface area contributed by atoms with Crippen LogP contribution < -0.4 is 0 Å². The van der Waals surface area contributed by atoms with Gasteiger partial charge in [-0.05, 0) is 31.2 Å². The van der Waals surface area contributed by atoms with E-state index in [-0.39, 0.29) is 12.2 Å². The summed E-state index contributed by atoms with van der Waals surface area (Å²) in [5, 5.41) is 8.73. The number of carbonyl (C=O) groups is 2. The van der Waals surface area contributed by atoms with Gasteiger partial charge in [0.05, 0.1) is 30.9 Å². The number of carbonyl (C=O) groups excluding carboxylic acids is 1. The average molecular weight is 282 g/mol. The molecule has 0 aliphatic rings. The van der Waals surface area contributed by atoms with E-state index in [1.54, 1.807) is 0 Å². The van der Waals surface area contributed by atoms with Gasteiger partial charge in [0.15, 0.2) is 0 Å². The van der Waals surface area contributed by atoms with E-state index in [1.165, 1.54) is 24.3 Å². The van der Waals surface area contributed by atoms with Gasteiger partial charge < -0.3 is 19.3 Å². The summed E-state index contributed by atoms with van der Waals surface area (Å²) in [6.07, 6.45) is 0. The topological polar surface area (TPSA) is 82.1 Å². The summed E-state index contributed by atoms with van der Waals surface area (Å²) in [7, 11) is 0. The van der Waals surface area contributed by atoms with Gasteiger partial charge in [-0.25, -0.2) is 9.59 Å². The van der Waals surface area contributed by atoms with Crippen molar-refractivity contribution in [2.45, 2.75) is 6.92 Å². The zero-order valence-corrected chi connectivity index (χ0v) is 11.3. The Kier molecular flexibility index (Phi) is 7.31. The van der Waals surface area contributed by atoms with Crippen molar-refractivity contribution in [3.63, 3.8) is 0 Å². The molecule has 0 radical (unpaired) electrons. The average Bonchev–Trinajstić information content (AvgIpc) is 2.46. The number of hydrogen-bond acceptors (Lipinski definition) is 5. The molecule has 1 aromatic carbocycles. The summed E-state index contributed by atoms with van der Waals surface area (Å²) < 4.78 is 15.3. The van der Waals surface area contributed by atoms with E-state index in [0.717, 1.165) is 0 Å². The second-order valence-electron chi connectivity index (χ2n) is 3.83. The molecule has 1 N–H and O–H groups in total. The maximum Gasteiger partial charge on any atom is 0.338 e. The Labute approximate surface area is 117 Å². The van der Waals surface area contributed by atoms with Gasteiger partial charge in [-0.3, -0.25) is 0 Å². The third kappa shape index (κ3) is 5.81. The van der Waals surface area contributed by atoms with E-state index in [0.29, 0.717) is 32.0 Å². The normalized spacial score (nSPS) is 10.2. The number of ether oxygens (including phenoxy) is 3. The molecule has 110 valence electrons. The predicted molar refractivity (Wildman–Crippen MR) is 71.0 cm³/mol. The highest BCUT2D eigenvalue weighted by atomic mass is 16.6. The van der Waals surface area contributed by atoms with Crippen molar-refractivity contribution < 1.29 is 28.9 Å². The van der Waals surface area contributed by atoms with E-state index in [2.05, 4.69) is 0 Å². The molecule has 1 aromatic rings. The Morgan fingerprint density at radius 1 is 0.950 bits per heavy atom. The number of hydrogen-bond donors (Lipinski definition) is 1. The summed E-state index contributed by atoms with van der Waals surface area (Å²) in [6.45, 7) is 3.96. The maximum atomic E-state index is 11.6. The van der Waals surface area contributed by atoms with Gasteiger partial charge in [-0.15, -0.1) is 0 Å². The SMILES string of the molecule is CCOCCOCCOC(=O)c1ccc(C(=O)O)cc1. The lowest BCUT2D eigenvalue weighted by Gasteiger charge is -2.06. The first-order valence-corrected chi connectivity index (χ1v) is 6.31. The van der Waals surface area contributed by atoms with E-state index >= 15 is 0 Å². The summed E-state index contributed by atoms with van der Waals surface area (Å²) in [5.74, 6) is -1.54. The summed E-state index contributed by atoms with van der Waals surface area (Å²) in [6, 6.07) is 5.55. The lowest BCUT2D eigenvalue weighted by atomic mass is 10.1. The van der Waals surface area contributed by atoms with Gasteiger partial charge in [0.2, 0.25) is 0 Å². The lowest BCUT2D eigenvalue weighted by Crippen LogP contribution is -2.13. The Morgan fingerprint density at radius 2 is 1.50 bits per heavy atom. The highest BCUT2D eigenvalue weighted by molar-refractivity contribution is 5.92. The molecule has 0 aromatic heterocycles. The van der Waals surface area contributed by atoms with Crippen LogP contribution in [-0.2, 0) is 14.2 Å². The molecule has 1 rings (SSSR count). The van der Waals surface area contributed by atoms with Crippen molar-refractivity contribution in [2.75, 3.05) is 33.0 Å². The molecule has 6 heteroatoms. The molecule has 0 saturated carbocycles. The van der Waals surface area contributed by atoms with E-state index in [1.807, 2.05) is 6.92 Å². The summed E-state index contributed by atoms with van der Waals surface area (Å²) >= 11 is 0. The summed E-state index contributed by atoms with van der Waals surface area (Å²) in [5.41, 5.74) is 0.435. The number of benzene rings is 1. The van der Waals surface area contributed by atoms with Crippen molar-refractivity contribution in [3.05, 3.63) is 35.4 Å². The van der Waals surface area contributed by atoms with E-state index < -0.39 is 11.9 Å². The van der Waals surface area contributed by atoms with Crippen LogP contribution in [0.4, 0.5) is 0 Å². The third-order valence-corrected chi connectivity index (χ3v) is 2.40. The molecule has 0 spiro atoms. The Hall–Kier alpha value is -1.92. The van der Waals surface area contributed by atoms with Crippen LogP contribution in [0.15, 0.2) is 24.3 Å². The van der Waals surface area contributed by atoms with Gasteiger partial charge in [-0.2, -0.15) is 0 Å². The molecule has 0 aliphatic heterocycles. The first kappa shape index (κ1) is 16.1. The number of rotatable bonds is 9. The zero-order valence-electron chi connectivity index (χ0n) is 11.3. The maximum absolute atomic E-state index is 11.6. The standard InChI is InChI=1S/C14H18O6/c1-2-18-7-8-19-9-10-20-14(17)12-5-3-11(4-6-12)13(15)16/h3-6H,2,7-10H2,1H3,(H,15,16). The van der Waals surface area contributed by atoms with Crippen LogP contribution in [0.5, 0.6) is 0 Å². The minimum atomic E-state index is -1.03. The second-order valence-corrected chi connectivity index (χ2v) is 3.83. The molecule has 0 fully saturated rings. The fraction of sp³-hybridized carbons (Fsp3) is 0.429. The molecule has 0 saturated heterocycles. The first-order chi connectivity index (χ1) is 9.65. The number of carboxylic acid groups (broad SMARTS) is 1. The lowest BCUT2D eigenvalue weighted by molar-refractivity contribution is 0.0163. The molecule has 0 atom stereocenters. The molecular weight excluding hydrogens is 264 g/mol.